The second-order valence-electron chi connectivity index (χ2n) is 7.98. The number of aromatic nitrogens is 3. The fourth-order valence-corrected chi connectivity index (χ4v) is 4.31. The highest BCUT2D eigenvalue weighted by molar-refractivity contribution is 5.81. The number of nitrogens with zero attached hydrogens (tertiary/aromatic N) is 4. The third kappa shape index (κ3) is 3.89. The van der Waals surface area contributed by atoms with E-state index in [1.165, 1.54) is 16.6 Å². The van der Waals surface area contributed by atoms with E-state index in [9.17, 15) is 0 Å². The molecule has 1 aliphatic heterocycles. The molecular weight excluding hydrogens is 370 g/mol. The maximum atomic E-state index is 5.68. The first-order chi connectivity index (χ1) is 14.8. The number of anilines is 1. The monoisotopic (exact) mass is 395 g/mol. The number of fused-ring (bicyclic) bond motifs is 1. The zero-order valence-electron chi connectivity index (χ0n) is 16.9. The smallest absolute Gasteiger partial charge is 0.123 e. The predicted octanol–water partition coefficient (Wildman–Crippen LogP) is 4.65. The predicted molar refractivity (Wildman–Crippen MR) is 121 cm³/mol. The number of rotatable bonds is 4. The highest BCUT2D eigenvalue weighted by Crippen LogP contribution is 2.29. The van der Waals surface area contributed by atoms with Gasteiger partial charge in [-0.2, -0.15) is 0 Å². The van der Waals surface area contributed by atoms with Crippen LogP contribution < -0.4 is 5.73 Å². The summed E-state index contributed by atoms with van der Waals surface area (Å²) in [5.74, 6) is 1.06. The molecule has 1 saturated heterocycles. The van der Waals surface area contributed by atoms with Crippen LogP contribution >= 0.6 is 0 Å². The van der Waals surface area contributed by atoms with Crippen LogP contribution in [0.3, 0.4) is 0 Å². The maximum Gasteiger partial charge on any atom is 0.123 e. The Labute approximate surface area is 176 Å². The van der Waals surface area contributed by atoms with E-state index >= 15 is 0 Å². The lowest BCUT2D eigenvalue weighted by Crippen LogP contribution is -2.32. The molecule has 0 radical (unpaired) electrons. The molecule has 5 heteroatoms. The first-order valence-electron chi connectivity index (χ1n) is 10.5. The van der Waals surface area contributed by atoms with Crippen LogP contribution in [0.5, 0.6) is 0 Å². The van der Waals surface area contributed by atoms with E-state index < -0.39 is 0 Å². The van der Waals surface area contributed by atoms with Crippen LogP contribution in [-0.2, 0) is 6.54 Å². The van der Waals surface area contributed by atoms with E-state index in [-0.39, 0.29) is 0 Å². The molecule has 3 aromatic heterocycles. The Morgan fingerprint density at radius 2 is 1.60 bits per heavy atom. The van der Waals surface area contributed by atoms with Crippen molar-refractivity contribution in [3.05, 3.63) is 84.4 Å². The molecule has 2 N–H and O–H groups in total. The van der Waals surface area contributed by atoms with Crippen molar-refractivity contribution in [1.82, 2.24) is 19.9 Å². The number of para-hydroxylation sites is 1. The first kappa shape index (κ1) is 18.7. The van der Waals surface area contributed by atoms with Gasteiger partial charge in [-0.1, -0.05) is 24.3 Å². The van der Waals surface area contributed by atoms with E-state index in [4.69, 9.17) is 10.7 Å². The van der Waals surface area contributed by atoms with Crippen molar-refractivity contribution in [2.45, 2.75) is 25.3 Å². The number of nitrogen functional groups attached to an aromatic ring is 1. The Kier molecular flexibility index (Phi) is 5.11. The maximum absolute atomic E-state index is 5.68. The second-order valence-corrected chi connectivity index (χ2v) is 7.98. The highest BCUT2D eigenvalue weighted by Gasteiger charge is 2.22. The van der Waals surface area contributed by atoms with Crippen molar-refractivity contribution in [2.24, 2.45) is 0 Å². The van der Waals surface area contributed by atoms with Gasteiger partial charge in [-0.25, -0.2) is 4.98 Å². The summed E-state index contributed by atoms with van der Waals surface area (Å²) >= 11 is 0. The molecule has 1 aromatic carbocycles. The number of hydrogen-bond acceptors (Lipinski definition) is 5. The van der Waals surface area contributed by atoms with Crippen molar-refractivity contribution >= 4 is 16.7 Å². The number of nitrogens with two attached hydrogens (primary N) is 1. The molecule has 5 nitrogen and oxygen atoms in total. The zero-order valence-corrected chi connectivity index (χ0v) is 16.9. The first-order valence-corrected chi connectivity index (χ1v) is 10.5. The minimum atomic E-state index is 0.522. The van der Waals surface area contributed by atoms with Crippen LogP contribution in [0.2, 0.25) is 0 Å². The average molecular weight is 396 g/mol. The summed E-state index contributed by atoms with van der Waals surface area (Å²) in [5, 5.41) is 1.26. The summed E-state index contributed by atoms with van der Waals surface area (Å²) in [6.07, 6.45) is 7.95. The average Bonchev–Trinajstić information content (AvgIpc) is 2.81. The second kappa shape index (κ2) is 8.20. The van der Waals surface area contributed by atoms with E-state index in [1.807, 2.05) is 30.6 Å². The molecule has 0 spiro atoms. The summed E-state index contributed by atoms with van der Waals surface area (Å²) < 4.78 is 0. The van der Waals surface area contributed by atoms with E-state index in [2.05, 4.69) is 51.3 Å². The Hall–Kier alpha value is -3.31. The van der Waals surface area contributed by atoms with Crippen molar-refractivity contribution < 1.29 is 0 Å². The lowest BCUT2D eigenvalue weighted by Gasteiger charge is -2.32. The van der Waals surface area contributed by atoms with Gasteiger partial charge in [-0.15, -0.1) is 0 Å². The van der Waals surface area contributed by atoms with Crippen LogP contribution in [0.15, 0.2) is 73.2 Å². The third-order valence-electron chi connectivity index (χ3n) is 6.05. The van der Waals surface area contributed by atoms with Crippen molar-refractivity contribution in [3.63, 3.8) is 0 Å². The van der Waals surface area contributed by atoms with Crippen LogP contribution in [0.25, 0.3) is 22.0 Å². The number of pyridine rings is 3. The fourth-order valence-electron chi connectivity index (χ4n) is 4.31. The number of piperidine rings is 1. The molecule has 0 amide bonds. The topological polar surface area (TPSA) is 67.9 Å². The van der Waals surface area contributed by atoms with Gasteiger partial charge in [0.25, 0.3) is 0 Å². The molecule has 0 aliphatic carbocycles. The molecule has 0 atom stereocenters. The van der Waals surface area contributed by atoms with E-state index in [0.717, 1.165) is 49.1 Å². The Bertz CT molecular complexity index is 1130. The van der Waals surface area contributed by atoms with Crippen molar-refractivity contribution in [2.75, 3.05) is 18.8 Å². The van der Waals surface area contributed by atoms with Gasteiger partial charge in [0.15, 0.2) is 0 Å². The molecule has 1 fully saturated rings. The zero-order chi connectivity index (χ0) is 20.3. The van der Waals surface area contributed by atoms with Gasteiger partial charge in [-0.3, -0.25) is 14.9 Å². The minimum Gasteiger partial charge on any atom is -0.384 e. The Morgan fingerprint density at radius 3 is 2.33 bits per heavy atom. The van der Waals surface area contributed by atoms with Gasteiger partial charge in [0.05, 0.1) is 5.52 Å². The summed E-state index contributed by atoms with van der Waals surface area (Å²) in [6, 6.07) is 18.7. The molecular formula is C25H25N5. The molecule has 4 heterocycles. The SMILES string of the molecule is Nc1ccc(-c2ccc(C3CCN(Cc4ccnc5ccccc45)CC3)nc2)cn1. The molecule has 4 aromatic rings. The summed E-state index contributed by atoms with van der Waals surface area (Å²) in [4.78, 5) is 16.0. The molecule has 0 bridgehead atoms. The minimum absolute atomic E-state index is 0.522. The molecule has 5 rings (SSSR count). The summed E-state index contributed by atoms with van der Waals surface area (Å²) in [5.41, 5.74) is 11.4. The normalized spacial score (nSPS) is 15.5. The fraction of sp³-hybridized carbons (Fsp3) is 0.240. The Morgan fingerprint density at radius 1 is 0.833 bits per heavy atom. The molecule has 0 saturated carbocycles. The third-order valence-corrected chi connectivity index (χ3v) is 6.05. The molecule has 1 aliphatic rings. The lowest BCUT2D eigenvalue weighted by atomic mass is 9.92. The summed E-state index contributed by atoms with van der Waals surface area (Å²) in [7, 11) is 0. The lowest BCUT2D eigenvalue weighted by molar-refractivity contribution is 0.204. The van der Waals surface area contributed by atoms with Gasteiger partial charge in [0.1, 0.15) is 5.82 Å². The van der Waals surface area contributed by atoms with Gasteiger partial charge in [0.2, 0.25) is 0 Å². The Balaban J connectivity index is 1.23. The van der Waals surface area contributed by atoms with Gasteiger partial charge in [0, 0.05) is 53.3 Å². The van der Waals surface area contributed by atoms with Crippen LogP contribution in [0.1, 0.15) is 30.0 Å². The largest absolute Gasteiger partial charge is 0.384 e. The number of hydrogen-bond donors (Lipinski definition) is 1. The van der Waals surface area contributed by atoms with Crippen LogP contribution in [-0.4, -0.2) is 32.9 Å². The van der Waals surface area contributed by atoms with Gasteiger partial charge >= 0.3 is 0 Å². The number of likely N-dealkylation sites (tertiary alicyclic amines) is 1. The number of benzene rings is 1. The molecule has 30 heavy (non-hydrogen) atoms. The molecule has 0 unspecified atom stereocenters. The van der Waals surface area contributed by atoms with Crippen LogP contribution in [0.4, 0.5) is 5.82 Å². The van der Waals surface area contributed by atoms with Crippen molar-refractivity contribution in [1.29, 1.82) is 0 Å². The van der Waals surface area contributed by atoms with Crippen molar-refractivity contribution in [3.8, 4) is 11.1 Å². The highest BCUT2D eigenvalue weighted by atomic mass is 15.1. The standard InChI is InChI=1S/C25H25N5/c26-25-8-6-20(16-29-25)19-5-7-23(28-15-19)18-10-13-30(14-11-18)17-21-9-12-27-24-4-2-1-3-22(21)24/h1-9,12,15-16,18H,10-11,13-14,17H2,(H2,26,29). The van der Waals surface area contributed by atoms with Gasteiger partial charge in [-0.05, 0) is 61.8 Å². The molecule has 150 valence electrons. The van der Waals surface area contributed by atoms with Gasteiger partial charge < -0.3 is 5.73 Å². The van der Waals surface area contributed by atoms with E-state index in [1.54, 1.807) is 6.20 Å². The quantitative estimate of drug-likeness (QED) is 0.545. The van der Waals surface area contributed by atoms with Crippen LogP contribution in [0, 0.1) is 0 Å². The van der Waals surface area contributed by atoms with E-state index in [0.29, 0.717) is 11.7 Å². The summed E-state index contributed by atoms with van der Waals surface area (Å²) in [6.45, 7) is 3.16.